The van der Waals surface area contributed by atoms with Crippen LogP contribution in [0.1, 0.15) is 84.5 Å². The van der Waals surface area contributed by atoms with Crippen LogP contribution < -0.4 is 0 Å². The van der Waals surface area contributed by atoms with Crippen LogP contribution in [0.4, 0.5) is 0 Å². The van der Waals surface area contributed by atoms with Gasteiger partial charge in [-0.3, -0.25) is 0 Å². The quantitative estimate of drug-likeness (QED) is 0.556. The number of hydrogen-bond acceptors (Lipinski definition) is 1. The highest BCUT2D eigenvalue weighted by Crippen LogP contribution is 2.70. The molecule has 23 heavy (non-hydrogen) atoms. The summed E-state index contributed by atoms with van der Waals surface area (Å²) in [5, 5.41) is 0.478. The summed E-state index contributed by atoms with van der Waals surface area (Å²) in [6.07, 6.45) is 15.2. The summed E-state index contributed by atoms with van der Waals surface area (Å²) in [5.41, 5.74) is 0. The van der Waals surface area contributed by atoms with E-state index in [9.17, 15) is 4.57 Å². The SMILES string of the molecule is CC1CC2CCCC([PH](=O)C3(C)CC4CC5CC(C3)C5C4)(C1)C2. The van der Waals surface area contributed by atoms with Crippen molar-refractivity contribution in [2.24, 2.45) is 35.5 Å². The zero-order valence-electron chi connectivity index (χ0n) is 15.2. The second kappa shape index (κ2) is 5.12. The molecule has 0 spiro atoms. The Bertz CT molecular complexity index is 520. The molecule has 0 amide bonds. The molecule has 0 aromatic carbocycles. The molecule has 0 aromatic heterocycles. The first-order valence-electron chi connectivity index (χ1n) is 10.5. The zero-order valence-corrected chi connectivity index (χ0v) is 16.2. The van der Waals surface area contributed by atoms with Crippen molar-refractivity contribution in [1.29, 1.82) is 0 Å². The minimum absolute atomic E-state index is 0.207. The first-order valence-corrected chi connectivity index (χ1v) is 11.9. The molecule has 9 unspecified atom stereocenters. The molecule has 5 fully saturated rings. The van der Waals surface area contributed by atoms with E-state index in [0.717, 1.165) is 35.5 Å². The van der Waals surface area contributed by atoms with Gasteiger partial charge >= 0.3 is 0 Å². The van der Waals surface area contributed by atoms with Crippen molar-refractivity contribution in [1.82, 2.24) is 0 Å². The Balaban J connectivity index is 1.44. The summed E-state index contributed by atoms with van der Waals surface area (Å²) in [5.74, 6) is 5.71. The van der Waals surface area contributed by atoms with Gasteiger partial charge in [0.1, 0.15) is 0 Å². The van der Waals surface area contributed by atoms with Gasteiger partial charge in [0.25, 0.3) is 0 Å². The molecular weight excluding hydrogens is 299 g/mol. The van der Waals surface area contributed by atoms with E-state index in [1.165, 1.54) is 70.6 Å². The summed E-state index contributed by atoms with van der Waals surface area (Å²) in [4.78, 5) is 0. The van der Waals surface area contributed by atoms with Crippen LogP contribution in [-0.4, -0.2) is 10.3 Å². The molecule has 5 saturated carbocycles. The van der Waals surface area contributed by atoms with E-state index >= 15 is 0 Å². The van der Waals surface area contributed by atoms with E-state index < -0.39 is 7.80 Å². The fourth-order valence-corrected chi connectivity index (χ4v) is 12.1. The van der Waals surface area contributed by atoms with Crippen molar-refractivity contribution >= 4 is 7.80 Å². The van der Waals surface area contributed by atoms with Crippen molar-refractivity contribution in [2.45, 2.75) is 94.8 Å². The van der Waals surface area contributed by atoms with Gasteiger partial charge in [0.05, 0.1) is 7.80 Å². The summed E-state index contributed by atoms with van der Waals surface area (Å²) in [6, 6.07) is 0. The Labute approximate surface area is 143 Å². The maximum absolute atomic E-state index is 14.1. The van der Waals surface area contributed by atoms with Crippen LogP contribution in [-0.2, 0) is 4.57 Å². The van der Waals surface area contributed by atoms with Gasteiger partial charge in [-0.05, 0) is 93.3 Å². The first kappa shape index (κ1) is 15.5. The topological polar surface area (TPSA) is 17.1 Å². The van der Waals surface area contributed by atoms with Gasteiger partial charge in [0.15, 0.2) is 0 Å². The Morgan fingerprint density at radius 3 is 2.65 bits per heavy atom. The third kappa shape index (κ3) is 2.28. The minimum atomic E-state index is -1.52. The smallest absolute Gasteiger partial charge is 0.0876 e. The van der Waals surface area contributed by atoms with Crippen molar-refractivity contribution in [3.8, 4) is 0 Å². The number of hydrogen-bond donors (Lipinski definition) is 0. The van der Waals surface area contributed by atoms with Gasteiger partial charge in [-0.1, -0.05) is 26.7 Å². The maximum atomic E-state index is 14.1. The standard InChI is InChI=1S/C21H35OP/c1-14-6-15-4-3-5-21(10-14,12-15)23(22)20(2)11-16-7-17-9-18(13-20)19(17)8-16/h14-19,23H,3-13H2,1-2H3. The molecule has 0 heterocycles. The summed E-state index contributed by atoms with van der Waals surface area (Å²) < 4.78 is 14.1. The van der Waals surface area contributed by atoms with Crippen LogP contribution >= 0.6 is 7.80 Å². The lowest BCUT2D eigenvalue weighted by Crippen LogP contribution is -2.45. The lowest BCUT2D eigenvalue weighted by atomic mass is 9.63. The minimum Gasteiger partial charge on any atom is -0.326 e. The second-order valence-electron chi connectivity index (χ2n) is 10.8. The Morgan fingerprint density at radius 1 is 0.913 bits per heavy atom. The van der Waals surface area contributed by atoms with E-state index in [4.69, 9.17) is 0 Å². The second-order valence-corrected chi connectivity index (χ2v) is 13.8. The van der Waals surface area contributed by atoms with E-state index in [2.05, 4.69) is 13.8 Å². The van der Waals surface area contributed by atoms with Gasteiger partial charge < -0.3 is 4.57 Å². The third-order valence-electron chi connectivity index (χ3n) is 8.96. The predicted octanol–water partition coefficient (Wildman–Crippen LogP) is 6.12. The molecule has 0 aromatic rings. The summed E-state index contributed by atoms with van der Waals surface area (Å²) in [7, 11) is -1.52. The van der Waals surface area contributed by atoms with Gasteiger partial charge in [-0.2, -0.15) is 0 Å². The molecule has 130 valence electrons. The normalized spacial score (nSPS) is 59.0. The molecule has 4 bridgehead atoms. The van der Waals surface area contributed by atoms with E-state index in [-0.39, 0.29) is 10.3 Å². The van der Waals surface area contributed by atoms with Crippen LogP contribution in [0.15, 0.2) is 0 Å². The van der Waals surface area contributed by atoms with Crippen molar-refractivity contribution < 1.29 is 4.57 Å². The third-order valence-corrected chi connectivity index (χ3v) is 12.1. The van der Waals surface area contributed by atoms with E-state index in [1.54, 1.807) is 0 Å². The van der Waals surface area contributed by atoms with Crippen LogP contribution in [0.25, 0.3) is 0 Å². The van der Waals surface area contributed by atoms with Crippen LogP contribution in [0, 0.1) is 35.5 Å². The molecule has 2 heteroatoms. The van der Waals surface area contributed by atoms with Crippen LogP contribution in [0.5, 0.6) is 0 Å². The molecular formula is C21H35OP. The van der Waals surface area contributed by atoms with Crippen molar-refractivity contribution in [2.75, 3.05) is 0 Å². The highest BCUT2D eigenvalue weighted by atomic mass is 31.1. The van der Waals surface area contributed by atoms with Gasteiger partial charge in [-0.25, -0.2) is 0 Å². The molecule has 5 aliphatic carbocycles. The number of fused-ring (bicyclic) bond motifs is 3. The fourth-order valence-electron chi connectivity index (χ4n) is 8.51. The lowest BCUT2D eigenvalue weighted by Gasteiger charge is -2.53. The molecule has 0 aliphatic heterocycles. The zero-order chi connectivity index (χ0) is 15.8. The number of rotatable bonds is 2. The first-order chi connectivity index (χ1) is 11.0. The van der Waals surface area contributed by atoms with E-state index in [1.807, 2.05) is 0 Å². The molecule has 1 nitrogen and oxygen atoms in total. The molecule has 0 radical (unpaired) electrons. The maximum Gasteiger partial charge on any atom is 0.0876 e. The predicted molar refractivity (Wildman–Crippen MR) is 97.5 cm³/mol. The lowest BCUT2D eigenvalue weighted by molar-refractivity contribution is 0.0819. The van der Waals surface area contributed by atoms with Crippen LogP contribution in [0.3, 0.4) is 0 Å². The molecule has 5 aliphatic rings. The average Bonchev–Trinajstić information content (AvgIpc) is 2.72. The molecule has 9 atom stereocenters. The average molecular weight is 334 g/mol. The van der Waals surface area contributed by atoms with Gasteiger partial charge in [-0.15, -0.1) is 0 Å². The van der Waals surface area contributed by atoms with E-state index in [0.29, 0.717) is 0 Å². The molecule has 0 N–H and O–H groups in total. The summed E-state index contributed by atoms with van der Waals surface area (Å²) >= 11 is 0. The van der Waals surface area contributed by atoms with Crippen LogP contribution in [0.2, 0.25) is 0 Å². The highest BCUT2D eigenvalue weighted by Gasteiger charge is 2.58. The largest absolute Gasteiger partial charge is 0.326 e. The fraction of sp³-hybridized carbons (Fsp3) is 1.00. The molecule has 5 rings (SSSR count). The Hall–Kier alpha value is 0.230. The van der Waals surface area contributed by atoms with Crippen molar-refractivity contribution in [3.63, 3.8) is 0 Å². The Morgan fingerprint density at radius 2 is 1.78 bits per heavy atom. The van der Waals surface area contributed by atoms with Gasteiger partial charge in [0.2, 0.25) is 0 Å². The van der Waals surface area contributed by atoms with Crippen molar-refractivity contribution in [3.05, 3.63) is 0 Å². The monoisotopic (exact) mass is 334 g/mol. The Kier molecular flexibility index (Phi) is 3.45. The molecule has 0 saturated heterocycles. The highest BCUT2D eigenvalue weighted by molar-refractivity contribution is 7.48. The van der Waals surface area contributed by atoms with Gasteiger partial charge in [0, 0.05) is 10.3 Å². The summed E-state index contributed by atoms with van der Waals surface area (Å²) in [6.45, 7) is 4.91.